The van der Waals surface area contributed by atoms with E-state index in [1.54, 1.807) is 6.33 Å². The summed E-state index contributed by atoms with van der Waals surface area (Å²) in [5.74, 6) is 0. The molecule has 0 radical (unpaired) electrons. The standard InChI is InChI=1S/C16H24IN3O2Si/c1-14(2,3)23-22-15(4,5)16(8-21-9-16)20-7-12(17)11-6-18-10-19-13(11)20/h6-7,10H,8-9,23H2,1-5H3. The predicted molar refractivity (Wildman–Crippen MR) is 102 cm³/mol. The largest absolute Gasteiger partial charge is 0.416 e. The Bertz CT molecular complexity index is 720. The normalized spacial score (nSPS) is 18.7. The number of hydrogen-bond donors (Lipinski definition) is 0. The second-order valence-corrected chi connectivity index (χ2v) is 11.9. The fraction of sp³-hybridized carbons (Fsp3) is 0.625. The zero-order valence-electron chi connectivity index (χ0n) is 14.4. The van der Waals surface area contributed by atoms with Crippen molar-refractivity contribution in [1.29, 1.82) is 0 Å². The van der Waals surface area contributed by atoms with Crippen molar-refractivity contribution in [3.63, 3.8) is 0 Å². The lowest BCUT2D eigenvalue weighted by Crippen LogP contribution is -2.65. The van der Waals surface area contributed by atoms with Gasteiger partial charge in [0, 0.05) is 16.0 Å². The molecule has 0 aromatic carbocycles. The van der Waals surface area contributed by atoms with E-state index < -0.39 is 9.76 Å². The minimum absolute atomic E-state index is 0.207. The maximum absolute atomic E-state index is 6.51. The molecule has 2 aromatic rings. The van der Waals surface area contributed by atoms with Crippen LogP contribution in [0, 0.1) is 3.57 Å². The molecule has 3 heterocycles. The fourth-order valence-corrected chi connectivity index (χ4v) is 4.58. The Hall–Kier alpha value is -0.513. The van der Waals surface area contributed by atoms with Gasteiger partial charge in [-0.2, -0.15) is 0 Å². The van der Waals surface area contributed by atoms with Gasteiger partial charge < -0.3 is 13.7 Å². The molecule has 1 saturated heterocycles. The smallest absolute Gasteiger partial charge is 0.167 e. The third kappa shape index (κ3) is 2.96. The van der Waals surface area contributed by atoms with Gasteiger partial charge in [0.25, 0.3) is 0 Å². The summed E-state index contributed by atoms with van der Waals surface area (Å²) in [7, 11) is -0.663. The summed E-state index contributed by atoms with van der Waals surface area (Å²) in [5, 5.41) is 1.35. The Morgan fingerprint density at radius 3 is 2.57 bits per heavy atom. The van der Waals surface area contributed by atoms with Crippen molar-refractivity contribution in [2.24, 2.45) is 0 Å². The first-order valence-corrected chi connectivity index (χ1v) is 10.2. The first-order chi connectivity index (χ1) is 10.7. The van der Waals surface area contributed by atoms with Crippen LogP contribution in [0.2, 0.25) is 5.04 Å². The molecule has 0 bridgehead atoms. The van der Waals surface area contributed by atoms with E-state index in [1.807, 2.05) is 6.20 Å². The molecule has 3 rings (SSSR count). The molecule has 0 amide bonds. The Morgan fingerprint density at radius 1 is 1.30 bits per heavy atom. The van der Waals surface area contributed by atoms with Gasteiger partial charge in [0.15, 0.2) is 9.76 Å². The second-order valence-electron chi connectivity index (χ2n) is 7.99. The van der Waals surface area contributed by atoms with Crippen LogP contribution in [0.4, 0.5) is 0 Å². The van der Waals surface area contributed by atoms with Crippen LogP contribution < -0.4 is 0 Å². The quantitative estimate of drug-likeness (QED) is 0.537. The molecule has 1 aliphatic rings. The number of rotatable bonds is 4. The van der Waals surface area contributed by atoms with Gasteiger partial charge in [-0.25, -0.2) is 9.97 Å². The number of hydrogen-bond acceptors (Lipinski definition) is 4. The van der Waals surface area contributed by atoms with Gasteiger partial charge in [-0.1, -0.05) is 20.8 Å². The molecule has 5 nitrogen and oxygen atoms in total. The third-order valence-electron chi connectivity index (χ3n) is 4.55. The number of fused-ring (bicyclic) bond motifs is 1. The molecule has 2 aromatic heterocycles. The molecule has 7 heteroatoms. The number of aromatic nitrogens is 3. The van der Waals surface area contributed by atoms with E-state index in [0.29, 0.717) is 13.2 Å². The molecule has 1 aliphatic heterocycles. The van der Waals surface area contributed by atoms with Crippen molar-refractivity contribution in [3.8, 4) is 0 Å². The Morgan fingerprint density at radius 2 is 2.00 bits per heavy atom. The van der Waals surface area contributed by atoms with Crippen LogP contribution in [0.1, 0.15) is 34.6 Å². The van der Waals surface area contributed by atoms with Crippen LogP contribution in [-0.4, -0.2) is 43.1 Å². The first kappa shape index (κ1) is 17.3. The Balaban J connectivity index is 2.03. The lowest BCUT2D eigenvalue weighted by atomic mass is 9.80. The van der Waals surface area contributed by atoms with Crippen molar-refractivity contribution < 1.29 is 9.16 Å². The molecule has 0 saturated carbocycles. The Kier molecular flexibility index (Phi) is 4.35. The van der Waals surface area contributed by atoms with E-state index in [1.165, 1.54) is 0 Å². The monoisotopic (exact) mass is 445 g/mol. The SMILES string of the molecule is CC(C)(C)[SiH2]OC(C)(C)C1(n2cc(I)c3cncnc32)COC1. The van der Waals surface area contributed by atoms with E-state index in [-0.39, 0.29) is 16.2 Å². The third-order valence-corrected chi connectivity index (χ3v) is 7.14. The van der Waals surface area contributed by atoms with Crippen molar-refractivity contribution in [1.82, 2.24) is 14.5 Å². The van der Waals surface area contributed by atoms with E-state index in [9.17, 15) is 0 Å². The van der Waals surface area contributed by atoms with Gasteiger partial charge in [-0.3, -0.25) is 0 Å². The first-order valence-electron chi connectivity index (χ1n) is 7.85. The molecular formula is C16H24IN3O2Si. The van der Waals surface area contributed by atoms with Gasteiger partial charge in [0.05, 0.1) is 24.2 Å². The highest BCUT2D eigenvalue weighted by Crippen LogP contribution is 2.43. The topological polar surface area (TPSA) is 49.2 Å². The van der Waals surface area contributed by atoms with Gasteiger partial charge >= 0.3 is 0 Å². The second kappa shape index (κ2) is 5.78. The lowest BCUT2D eigenvalue weighted by molar-refractivity contribution is -0.184. The van der Waals surface area contributed by atoms with Crippen molar-refractivity contribution in [2.75, 3.05) is 13.2 Å². The van der Waals surface area contributed by atoms with Gasteiger partial charge in [-0.05, 0) is 41.5 Å². The van der Waals surface area contributed by atoms with E-state index in [4.69, 9.17) is 9.16 Å². The van der Waals surface area contributed by atoms with Crippen LogP contribution in [0.5, 0.6) is 0 Å². The highest BCUT2D eigenvalue weighted by atomic mass is 127. The average Bonchev–Trinajstić information content (AvgIpc) is 2.73. The molecule has 1 fully saturated rings. The van der Waals surface area contributed by atoms with Crippen molar-refractivity contribution in [2.45, 2.75) is 50.8 Å². The molecule has 126 valence electrons. The summed E-state index contributed by atoms with van der Waals surface area (Å²) in [6.45, 7) is 12.4. The zero-order chi connectivity index (χ0) is 16.9. The minimum atomic E-state index is -0.663. The predicted octanol–water partition coefficient (Wildman–Crippen LogP) is 2.86. The summed E-state index contributed by atoms with van der Waals surface area (Å²) in [4.78, 5) is 8.68. The fourth-order valence-electron chi connectivity index (χ4n) is 2.86. The number of nitrogens with zero attached hydrogens (tertiary/aromatic N) is 3. The van der Waals surface area contributed by atoms with E-state index >= 15 is 0 Å². The van der Waals surface area contributed by atoms with Crippen LogP contribution in [0.15, 0.2) is 18.7 Å². The summed E-state index contributed by atoms with van der Waals surface area (Å²) in [6.07, 6.45) is 5.65. The molecule has 0 aliphatic carbocycles. The summed E-state index contributed by atoms with van der Waals surface area (Å²) >= 11 is 2.35. The summed E-state index contributed by atoms with van der Waals surface area (Å²) < 4.78 is 15.6. The van der Waals surface area contributed by atoms with Crippen LogP contribution >= 0.6 is 22.6 Å². The van der Waals surface area contributed by atoms with Gasteiger partial charge in [0.1, 0.15) is 17.5 Å². The summed E-state index contributed by atoms with van der Waals surface area (Å²) in [6, 6.07) is 0. The maximum Gasteiger partial charge on any atom is 0.167 e. The van der Waals surface area contributed by atoms with Crippen LogP contribution in [0.25, 0.3) is 11.0 Å². The molecule has 0 N–H and O–H groups in total. The zero-order valence-corrected chi connectivity index (χ0v) is 18.0. The molecule has 0 atom stereocenters. The highest BCUT2D eigenvalue weighted by Gasteiger charge is 2.54. The van der Waals surface area contributed by atoms with E-state index in [0.717, 1.165) is 14.6 Å². The van der Waals surface area contributed by atoms with Crippen LogP contribution in [0.3, 0.4) is 0 Å². The lowest BCUT2D eigenvalue weighted by Gasteiger charge is -2.53. The maximum atomic E-state index is 6.51. The number of ether oxygens (including phenoxy) is 1. The minimum Gasteiger partial charge on any atom is -0.416 e. The van der Waals surface area contributed by atoms with Gasteiger partial charge in [-0.15, -0.1) is 0 Å². The van der Waals surface area contributed by atoms with Gasteiger partial charge in [0.2, 0.25) is 0 Å². The molecule has 0 unspecified atom stereocenters. The van der Waals surface area contributed by atoms with E-state index in [2.05, 4.69) is 77.9 Å². The highest BCUT2D eigenvalue weighted by molar-refractivity contribution is 14.1. The average molecular weight is 445 g/mol. The summed E-state index contributed by atoms with van der Waals surface area (Å²) in [5.41, 5.74) is 0.452. The Labute approximate surface area is 153 Å². The van der Waals surface area contributed by atoms with Crippen molar-refractivity contribution in [3.05, 3.63) is 22.3 Å². The molecular weight excluding hydrogens is 421 g/mol. The molecule has 0 spiro atoms. The van der Waals surface area contributed by atoms with Crippen LogP contribution in [-0.2, 0) is 14.7 Å². The van der Waals surface area contributed by atoms with Crippen molar-refractivity contribution >= 4 is 43.4 Å². The number of halogens is 1. The molecule has 23 heavy (non-hydrogen) atoms.